The Hall–Kier alpha value is -5.28. The predicted molar refractivity (Wildman–Crippen MR) is 193 cm³/mol. The number of carbonyl (C=O) groups excluding carboxylic acids is 1. The van der Waals surface area contributed by atoms with Crippen molar-refractivity contribution in [2.45, 2.75) is 52.2 Å². The summed E-state index contributed by atoms with van der Waals surface area (Å²) in [7, 11) is -1.80. The minimum Gasteiger partial charge on any atom is -0.438 e. The number of urea groups is 1. The number of nitrogens with zero attached hydrogens (tertiary/aromatic N) is 4. The first kappa shape index (κ1) is 31.7. The fourth-order valence-electron chi connectivity index (χ4n) is 6.06. The van der Waals surface area contributed by atoms with Crippen LogP contribution in [0, 0.1) is 6.92 Å². The van der Waals surface area contributed by atoms with Gasteiger partial charge in [-0.1, -0.05) is 111 Å². The summed E-state index contributed by atoms with van der Waals surface area (Å²) in [6.07, 6.45) is 2.32. The third-order valence-electron chi connectivity index (χ3n) is 9.03. The minimum absolute atomic E-state index is 0.346. The van der Waals surface area contributed by atoms with Crippen molar-refractivity contribution in [3.63, 3.8) is 0 Å². The normalized spacial score (nSPS) is 11.4. The molecule has 6 aromatic rings. The molecule has 2 N–H and O–H groups in total. The van der Waals surface area contributed by atoms with Crippen LogP contribution in [0.2, 0.25) is 18.1 Å². The van der Waals surface area contributed by atoms with Crippen molar-refractivity contribution < 1.29 is 9.53 Å². The highest BCUT2D eigenvalue weighted by atomic mass is 28.3. The highest BCUT2D eigenvalue weighted by molar-refractivity contribution is 6.91. The first-order valence-corrected chi connectivity index (χ1v) is 18.8. The van der Waals surface area contributed by atoms with E-state index in [-0.39, 0.29) is 6.03 Å². The van der Waals surface area contributed by atoms with Crippen LogP contribution in [0.15, 0.2) is 109 Å². The number of rotatable bonds is 11. The molecule has 0 aliphatic rings. The summed E-state index contributed by atoms with van der Waals surface area (Å²) >= 11 is 0. The average Bonchev–Trinajstić information content (AvgIpc) is 3.51. The molecule has 4 aromatic carbocycles. The maximum absolute atomic E-state index is 13.6. The molecule has 0 saturated carbocycles. The Morgan fingerprint density at radius 1 is 0.809 bits per heavy atom. The molecule has 0 spiro atoms. The summed E-state index contributed by atoms with van der Waals surface area (Å²) in [5, 5.41) is 14.1. The molecule has 2 amide bonds. The first-order valence-electron chi connectivity index (χ1n) is 16.2. The average molecular weight is 641 g/mol. The number of nitrogens with one attached hydrogen (secondary N) is 2. The number of ether oxygens (including phenoxy) is 1. The van der Waals surface area contributed by atoms with E-state index in [0.29, 0.717) is 35.4 Å². The highest BCUT2D eigenvalue weighted by Crippen LogP contribution is 2.34. The molecule has 0 saturated heterocycles. The van der Waals surface area contributed by atoms with E-state index < -0.39 is 8.07 Å². The lowest BCUT2D eigenvalue weighted by Crippen LogP contribution is -2.46. The van der Waals surface area contributed by atoms with Gasteiger partial charge in [0.1, 0.15) is 25.5 Å². The number of anilines is 2. The third-order valence-corrected chi connectivity index (χ3v) is 14.4. The Labute approximate surface area is 276 Å². The Kier molecular flexibility index (Phi) is 9.44. The van der Waals surface area contributed by atoms with Crippen molar-refractivity contribution in [2.24, 2.45) is 0 Å². The van der Waals surface area contributed by atoms with E-state index in [9.17, 15) is 4.79 Å². The summed E-state index contributed by atoms with van der Waals surface area (Å²) in [6, 6.07) is 36.6. The number of fused-ring (bicyclic) bond motifs is 1. The predicted octanol–water partition coefficient (Wildman–Crippen LogP) is 8.87. The van der Waals surface area contributed by atoms with Gasteiger partial charge in [0, 0.05) is 34.8 Å². The van der Waals surface area contributed by atoms with E-state index in [1.54, 1.807) is 12.3 Å². The van der Waals surface area contributed by atoms with Gasteiger partial charge in [-0.05, 0) is 42.8 Å². The van der Waals surface area contributed by atoms with Crippen molar-refractivity contribution in [3.8, 4) is 17.3 Å². The summed E-state index contributed by atoms with van der Waals surface area (Å²) in [5.74, 6) is 2.42. The van der Waals surface area contributed by atoms with Crippen molar-refractivity contribution >= 4 is 41.7 Å². The maximum atomic E-state index is 13.6. The first-order chi connectivity index (χ1) is 22.9. The summed E-state index contributed by atoms with van der Waals surface area (Å²) in [5.41, 5.74) is 3.87. The van der Waals surface area contributed by atoms with Crippen LogP contribution in [0.25, 0.3) is 16.5 Å². The molecule has 2 heterocycles. The summed E-state index contributed by atoms with van der Waals surface area (Å²) < 4.78 is 8.14. The smallest absolute Gasteiger partial charge is 0.324 e. The largest absolute Gasteiger partial charge is 0.438 e. The van der Waals surface area contributed by atoms with Gasteiger partial charge in [0.05, 0.1) is 11.4 Å². The fourth-order valence-corrected chi connectivity index (χ4v) is 9.40. The van der Waals surface area contributed by atoms with Gasteiger partial charge in [-0.2, -0.15) is 10.1 Å². The number of benzene rings is 4. The molecule has 0 fully saturated rings. The molecule has 0 radical (unpaired) electrons. The van der Waals surface area contributed by atoms with Gasteiger partial charge >= 0.3 is 6.03 Å². The zero-order chi connectivity index (χ0) is 32.8. The van der Waals surface area contributed by atoms with E-state index in [1.807, 2.05) is 71.4 Å². The van der Waals surface area contributed by atoms with E-state index in [2.05, 4.69) is 78.6 Å². The van der Waals surface area contributed by atoms with Crippen LogP contribution in [0.5, 0.6) is 11.6 Å². The molecule has 0 aliphatic heterocycles. The zero-order valence-electron chi connectivity index (χ0n) is 27.3. The van der Waals surface area contributed by atoms with Crippen molar-refractivity contribution in [3.05, 3.63) is 126 Å². The third kappa shape index (κ3) is 6.95. The van der Waals surface area contributed by atoms with Crippen molar-refractivity contribution in [1.82, 2.24) is 19.7 Å². The molecular formula is C38H40N6O2Si. The lowest BCUT2D eigenvalue weighted by Gasteiger charge is -2.25. The second-order valence-electron chi connectivity index (χ2n) is 11.8. The topological polar surface area (TPSA) is 94.0 Å². The van der Waals surface area contributed by atoms with Crippen LogP contribution < -0.4 is 20.7 Å². The number of hydrogen-bond acceptors (Lipinski definition) is 5. The van der Waals surface area contributed by atoms with Gasteiger partial charge in [-0.15, -0.1) is 0 Å². The highest BCUT2D eigenvalue weighted by Gasteiger charge is 2.33. The Balaban J connectivity index is 1.25. The lowest BCUT2D eigenvalue weighted by molar-refractivity contribution is 0.262. The number of aryl methyl sites for hydroxylation is 1. The van der Waals surface area contributed by atoms with Crippen LogP contribution in [-0.2, 0) is 6.42 Å². The van der Waals surface area contributed by atoms with E-state index in [1.165, 1.54) is 5.56 Å². The standard InChI is InChI=1S/C38H40N6O2Si/c1-5-47(6-2,7-3)37-26-35(44(43-37)29-19-17-27(4)18-20-29)42-38(45)40-32-21-22-33(31-16-12-11-15-30(31)32)46-36-23-24-39-34(41-36)25-28-13-9-8-10-14-28/h8-24,26H,5-7,25H2,1-4H3,(H2,40,42,45). The van der Waals surface area contributed by atoms with E-state index >= 15 is 0 Å². The monoisotopic (exact) mass is 640 g/mol. The number of hydrogen-bond donors (Lipinski definition) is 2. The van der Waals surface area contributed by atoms with Crippen LogP contribution in [0.1, 0.15) is 37.7 Å². The van der Waals surface area contributed by atoms with Gasteiger partial charge in [-0.25, -0.2) is 14.5 Å². The van der Waals surface area contributed by atoms with Crippen LogP contribution in [-0.4, -0.2) is 33.9 Å². The Morgan fingerprint density at radius 3 is 2.23 bits per heavy atom. The van der Waals surface area contributed by atoms with Gasteiger partial charge in [0.15, 0.2) is 0 Å². The van der Waals surface area contributed by atoms with Crippen LogP contribution in [0.4, 0.5) is 16.3 Å². The minimum atomic E-state index is -1.80. The van der Waals surface area contributed by atoms with Gasteiger partial charge < -0.3 is 10.1 Å². The molecular weight excluding hydrogens is 601 g/mol. The molecule has 0 aliphatic carbocycles. The Bertz CT molecular complexity index is 1980. The maximum Gasteiger partial charge on any atom is 0.324 e. The SMILES string of the molecule is CC[Si](CC)(CC)c1cc(NC(=O)Nc2ccc(Oc3ccnc(Cc4ccccc4)n3)c3ccccc23)n(-c2ccc(C)cc2)n1. The van der Waals surface area contributed by atoms with Gasteiger partial charge in [0.25, 0.3) is 0 Å². The molecule has 9 heteroatoms. The zero-order valence-corrected chi connectivity index (χ0v) is 28.3. The molecule has 238 valence electrons. The van der Waals surface area contributed by atoms with Crippen LogP contribution in [0.3, 0.4) is 0 Å². The van der Waals surface area contributed by atoms with Crippen molar-refractivity contribution in [1.29, 1.82) is 0 Å². The molecule has 47 heavy (non-hydrogen) atoms. The van der Waals surface area contributed by atoms with E-state index in [0.717, 1.165) is 45.5 Å². The second-order valence-corrected chi connectivity index (χ2v) is 17.0. The van der Waals surface area contributed by atoms with Crippen molar-refractivity contribution in [2.75, 3.05) is 10.6 Å². The molecule has 2 aromatic heterocycles. The van der Waals surface area contributed by atoms with Crippen LogP contribution >= 0.6 is 0 Å². The number of aromatic nitrogens is 4. The lowest BCUT2D eigenvalue weighted by atomic mass is 10.1. The van der Waals surface area contributed by atoms with E-state index in [4.69, 9.17) is 9.84 Å². The Morgan fingerprint density at radius 2 is 1.51 bits per heavy atom. The molecule has 8 nitrogen and oxygen atoms in total. The quantitative estimate of drug-likeness (QED) is 0.138. The summed E-state index contributed by atoms with van der Waals surface area (Å²) in [6.45, 7) is 8.84. The molecule has 6 rings (SSSR count). The number of carbonyl (C=O) groups is 1. The van der Waals surface area contributed by atoms with Gasteiger partial charge in [-0.3, -0.25) is 5.32 Å². The summed E-state index contributed by atoms with van der Waals surface area (Å²) in [4.78, 5) is 22.7. The fraction of sp³-hybridized carbons (Fsp3) is 0.211. The molecule has 0 atom stereocenters. The molecule has 0 bridgehead atoms. The number of amides is 2. The van der Waals surface area contributed by atoms with Gasteiger partial charge in [0.2, 0.25) is 5.88 Å². The molecule has 0 unspecified atom stereocenters. The second kappa shape index (κ2) is 14.0.